The molecule has 0 radical (unpaired) electrons. The van der Waals surface area contributed by atoms with Crippen LogP contribution in [0.25, 0.3) is 0 Å². The van der Waals surface area contributed by atoms with Gasteiger partial charge in [-0.2, -0.15) is 5.10 Å². The maximum atomic E-state index is 12.5. The predicted octanol–water partition coefficient (Wildman–Crippen LogP) is 4.46. The molecule has 3 aromatic carbocycles. The number of nitrogens with zero attached hydrogens (tertiary/aromatic N) is 1. The van der Waals surface area contributed by atoms with Crippen molar-refractivity contribution in [3.8, 4) is 23.0 Å². The molecule has 0 bridgehead atoms. The van der Waals surface area contributed by atoms with Crippen molar-refractivity contribution in [2.24, 2.45) is 5.10 Å². The molecule has 0 saturated carbocycles. The zero-order chi connectivity index (χ0) is 23.8. The largest absolute Gasteiger partial charge is 0.497 e. The number of rotatable bonds is 8. The van der Waals surface area contributed by atoms with Gasteiger partial charge in [0.05, 0.1) is 38.7 Å². The Kier molecular flexibility index (Phi) is 8.04. The fourth-order valence-corrected chi connectivity index (χ4v) is 3.18. The second kappa shape index (κ2) is 11.1. The highest BCUT2D eigenvalue weighted by atomic mass is 79.9. The van der Waals surface area contributed by atoms with Crippen LogP contribution in [0.2, 0.25) is 0 Å². The average Bonchev–Trinajstić information content (AvgIpc) is 2.84. The number of hydrazone groups is 1. The van der Waals surface area contributed by atoms with Crippen LogP contribution in [0.3, 0.4) is 0 Å². The monoisotopic (exact) mass is 512 g/mol. The Morgan fingerprint density at radius 1 is 0.848 bits per heavy atom. The fourth-order valence-electron chi connectivity index (χ4n) is 2.82. The van der Waals surface area contributed by atoms with Crippen molar-refractivity contribution in [2.45, 2.75) is 0 Å². The van der Waals surface area contributed by atoms with Crippen molar-refractivity contribution in [3.05, 3.63) is 81.8 Å². The standard InChI is InChI=1S/C24H21BrN2O6/c1-30-18-8-5-16(6-9-18)24(29)33-22-12-15(4-10-21(22)32-3)14-26-27-23(28)19-13-17(25)7-11-20(19)31-2/h4-14H,1-3H3,(H,27,28)/b26-14-. The molecule has 170 valence electrons. The molecule has 1 N–H and O–H groups in total. The Balaban J connectivity index is 1.73. The second-order valence-electron chi connectivity index (χ2n) is 6.57. The quantitative estimate of drug-likeness (QED) is 0.207. The van der Waals surface area contributed by atoms with Gasteiger partial charge < -0.3 is 18.9 Å². The number of amides is 1. The summed E-state index contributed by atoms with van der Waals surface area (Å²) in [5.74, 6) is 0.635. The second-order valence-corrected chi connectivity index (χ2v) is 7.49. The van der Waals surface area contributed by atoms with E-state index in [-0.39, 0.29) is 5.75 Å². The van der Waals surface area contributed by atoms with E-state index in [9.17, 15) is 9.59 Å². The van der Waals surface area contributed by atoms with E-state index in [0.29, 0.717) is 33.9 Å². The third kappa shape index (κ3) is 6.11. The van der Waals surface area contributed by atoms with Crippen LogP contribution in [0.15, 0.2) is 70.2 Å². The van der Waals surface area contributed by atoms with Gasteiger partial charge in [-0.25, -0.2) is 10.2 Å². The topological polar surface area (TPSA) is 95.5 Å². The summed E-state index contributed by atoms with van der Waals surface area (Å²) in [6.07, 6.45) is 1.42. The number of nitrogens with one attached hydrogen (secondary N) is 1. The number of hydrogen-bond acceptors (Lipinski definition) is 7. The van der Waals surface area contributed by atoms with E-state index >= 15 is 0 Å². The van der Waals surface area contributed by atoms with Crippen molar-refractivity contribution in [3.63, 3.8) is 0 Å². The van der Waals surface area contributed by atoms with Crippen LogP contribution in [0, 0.1) is 0 Å². The van der Waals surface area contributed by atoms with Crippen LogP contribution in [-0.4, -0.2) is 39.4 Å². The molecule has 0 aliphatic heterocycles. The van der Waals surface area contributed by atoms with Crippen LogP contribution in [0.1, 0.15) is 26.3 Å². The van der Waals surface area contributed by atoms with E-state index in [0.717, 1.165) is 4.47 Å². The summed E-state index contributed by atoms with van der Waals surface area (Å²) in [6, 6.07) is 16.5. The molecule has 0 aliphatic carbocycles. The van der Waals surface area contributed by atoms with Gasteiger partial charge in [-0.3, -0.25) is 4.79 Å². The van der Waals surface area contributed by atoms with Gasteiger partial charge in [0.2, 0.25) is 0 Å². The summed E-state index contributed by atoms with van der Waals surface area (Å²) in [5.41, 5.74) is 3.71. The Hall–Kier alpha value is -3.85. The normalized spacial score (nSPS) is 10.5. The molecule has 0 heterocycles. The van der Waals surface area contributed by atoms with E-state index in [2.05, 4.69) is 26.5 Å². The highest BCUT2D eigenvalue weighted by Gasteiger charge is 2.14. The van der Waals surface area contributed by atoms with E-state index in [1.54, 1.807) is 67.8 Å². The van der Waals surface area contributed by atoms with Crippen LogP contribution < -0.4 is 24.4 Å². The summed E-state index contributed by atoms with van der Waals surface area (Å²) >= 11 is 3.33. The van der Waals surface area contributed by atoms with E-state index in [4.69, 9.17) is 18.9 Å². The van der Waals surface area contributed by atoms with Gasteiger partial charge >= 0.3 is 5.97 Å². The molecule has 0 fully saturated rings. The lowest BCUT2D eigenvalue weighted by molar-refractivity contribution is 0.0729. The van der Waals surface area contributed by atoms with Gasteiger partial charge in [-0.05, 0) is 66.2 Å². The first-order valence-corrected chi connectivity index (χ1v) is 10.5. The lowest BCUT2D eigenvalue weighted by atomic mass is 10.2. The van der Waals surface area contributed by atoms with E-state index in [1.807, 2.05) is 0 Å². The lowest BCUT2D eigenvalue weighted by Gasteiger charge is -2.10. The average molecular weight is 513 g/mol. The molecule has 9 heteroatoms. The number of ether oxygens (including phenoxy) is 4. The van der Waals surface area contributed by atoms with Crippen LogP contribution in [-0.2, 0) is 0 Å². The first-order valence-electron chi connectivity index (χ1n) is 9.66. The molecule has 1 amide bonds. The molecule has 0 saturated heterocycles. The minimum atomic E-state index is -0.555. The van der Waals surface area contributed by atoms with Crippen molar-refractivity contribution in [2.75, 3.05) is 21.3 Å². The van der Waals surface area contributed by atoms with Gasteiger partial charge in [0.15, 0.2) is 11.5 Å². The first kappa shape index (κ1) is 23.8. The van der Waals surface area contributed by atoms with Crippen LogP contribution >= 0.6 is 15.9 Å². The predicted molar refractivity (Wildman–Crippen MR) is 127 cm³/mol. The molecule has 0 unspecified atom stereocenters. The van der Waals surface area contributed by atoms with Gasteiger partial charge in [0.1, 0.15) is 11.5 Å². The molecule has 33 heavy (non-hydrogen) atoms. The van der Waals surface area contributed by atoms with Crippen molar-refractivity contribution >= 4 is 34.0 Å². The Bertz CT molecular complexity index is 1180. The lowest BCUT2D eigenvalue weighted by Crippen LogP contribution is -2.18. The zero-order valence-corrected chi connectivity index (χ0v) is 19.7. The van der Waals surface area contributed by atoms with Gasteiger partial charge in [-0.15, -0.1) is 0 Å². The third-order valence-electron chi connectivity index (χ3n) is 4.50. The molecular weight excluding hydrogens is 492 g/mol. The highest BCUT2D eigenvalue weighted by molar-refractivity contribution is 9.10. The molecule has 0 aliphatic rings. The minimum absolute atomic E-state index is 0.210. The molecular formula is C24H21BrN2O6. The molecule has 3 aromatic rings. The smallest absolute Gasteiger partial charge is 0.343 e. The third-order valence-corrected chi connectivity index (χ3v) is 5.00. The maximum absolute atomic E-state index is 12.5. The molecule has 0 aromatic heterocycles. The number of carbonyl (C=O) groups excluding carboxylic acids is 2. The number of benzene rings is 3. The van der Waals surface area contributed by atoms with Crippen LogP contribution in [0.5, 0.6) is 23.0 Å². The first-order chi connectivity index (χ1) is 15.9. The maximum Gasteiger partial charge on any atom is 0.343 e. The van der Waals surface area contributed by atoms with Crippen molar-refractivity contribution in [1.82, 2.24) is 5.43 Å². The number of methoxy groups -OCH3 is 3. The van der Waals surface area contributed by atoms with Crippen molar-refractivity contribution in [1.29, 1.82) is 0 Å². The summed E-state index contributed by atoms with van der Waals surface area (Å²) < 4.78 is 21.8. The highest BCUT2D eigenvalue weighted by Crippen LogP contribution is 2.29. The summed E-state index contributed by atoms with van der Waals surface area (Å²) in [6.45, 7) is 0. The molecule has 3 rings (SSSR count). The Labute approximate surface area is 199 Å². The number of esters is 1. The number of hydrogen-bond donors (Lipinski definition) is 1. The zero-order valence-electron chi connectivity index (χ0n) is 18.1. The van der Waals surface area contributed by atoms with Gasteiger partial charge in [-0.1, -0.05) is 15.9 Å². The SMILES string of the molecule is COc1ccc(C(=O)Oc2cc(/C=N\NC(=O)c3cc(Br)ccc3OC)ccc2OC)cc1. The molecule has 0 spiro atoms. The van der Waals surface area contributed by atoms with Gasteiger partial charge in [0, 0.05) is 4.47 Å². The molecule has 0 atom stereocenters. The van der Waals surface area contributed by atoms with Crippen LogP contribution in [0.4, 0.5) is 0 Å². The van der Waals surface area contributed by atoms with E-state index < -0.39 is 11.9 Å². The Morgan fingerprint density at radius 3 is 2.21 bits per heavy atom. The Morgan fingerprint density at radius 2 is 1.55 bits per heavy atom. The summed E-state index contributed by atoms with van der Waals surface area (Å²) in [4.78, 5) is 25.0. The van der Waals surface area contributed by atoms with Crippen molar-refractivity contribution < 1.29 is 28.5 Å². The minimum Gasteiger partial charge on any atom is -0.497 e. The summed E-state index contributed by atoms with van der Waals surface area (Å²) in [7, 11) is 4.50. The van der Waals surface area contributed by atoms with E-state index in [1.165, 1.54) is 20.4 Å². The fraction of sp³-hybridized carbons (Fsp3) is 0.125. The number of carbonyl (C=O) groups is 2. The number of halogens is 1. The molecule has 8 nitrogen and oxygen atoms in total. The summed E-state index contributed by atoms with van der Waals surface area (Å²) in [5, 5.41) is 3.99. The van der Waals surface area contributed by atoms with Gasteiger partial charge in [0.25, 0.3) is 5.91 Å².